The van der Waals surface area contributed by atoms with Gasteiger partial charge in [-0.2, -0.15) is 0 Å². The van der Waals surface area contributed by atoms with Crippen LogP contribution >= 0.6 is 11.3 Å². The van der Waals surface area contributed by atoms with Gasteiger partial charge < -0.3 is 10.1 Å². The quantitative estimate of drug-likeness (QED) is 0.760. The van der Waals surface area contributed by atoms with E-state index in [2.05, 4.69) is 10.3 Å². The third-order valence-corrected chi connectivity index (χ3v) is 4.04. The number of carbonyl (C=O) groups excluding carboxylic acids is 1. The number of carbonyl (C=O) groups is 1. The fourth-order valence-corrected chi connectivity index (χ4v) is 2.78. The lowest BCUT2D eigenvalue weighted by Gasteiger charge is -2.03. The fraction of sp³-hybridized carbons (Fsp3) is 0.375. The highest BCUT2D eigenvalue weighted by molar-refractivity contribution is 7.13. The smallest absolute Gasteiger partial charge is 0.220 e. The average Bonchev–Trinajstić information content (AvgIpc) is 2.99. The summed E-state index contributed by atoms with van der Waals surface area (Å²) in [6, 6.07) is 6.26. The molecule has 0 saturated heterocycles. The van der Waals surface area contributed by atoms with Crippen LogP contribution in [-0.4, -0.2) is 31.2 Å². The van der Waals surface area contributed by atoms with Gasteiger partial charge in [0.25, 0.3) is 0 Å². The van der Waals surface area contributed by atoms with Crippen LogP contribution in [0.15, 0.2) is 29.6 Å². The Bertz CT molecular complexity index is 598. The topological polar surface area (TPSA) is 51.2 Å². The maximum absolute atomic E-state index is 12.9. The molecule has 1 heterocycles. The number of benzene rings is 1. The molecule has 1 aromatic heterocycles. The molecule has 0 aliphatic rings. The molecule has 0 bridgehead atoms. The van der Waals surface area contributed by atoms with Gasteiger partial charge in [0, 0.05) is 37.6 Å². The molecule has 0 unspecified atom stereocenters. The third kappa shape index (κ3) is 5.20. The summed E-state index contributed by atoms with van der Waals surface area (Å²) in [5.41, 5.74) is 1.78. The molecule has 1 N–H and O–H groups in total. The van der Waals surface area contributed by atoms with E-state index in [1.165, 1.54) is 23.5 Å². The zero-order chi connectivity index (χ0) is 15.8. The van der Waals surface area contributed by atoms with Gasteiger partial charge >= 0.3 is 0 Å². The van der Waals surface area contributed by atoms with E-state index in [9.17, 15) is 9.18 Å². The highest BCUT2D eigenvalue weighted by Crippen LogP contribution is 2.24. The van der Waals surface area contributed by atoms with E-state index in [-0.39, 0.29) is 11.7 Å². The second kappa shape index (κ2) is 8.60. The average molecular weight is 322 g/mol. The summed E-state index contributed by atoms with van der Waals surface area (Å²) in [6.45, 7) is 1.28. The summed E-state index contributed by atoms with van der Waals surface area (Å²) in [6.07, 6.45) is 1.83. The Labute approximate surface area is 133 Å². The summed E-state index contributed by atoms with van der Waals surface area (Å²) in [7, 11) is 1.64. The fourth-order valence-electron chi connectivity index (χ4n) is 1.92. The number of aryl methyl sites for hydroxylation is 1. The summed E-state index contributed by atoms with van der Waals surface area (Å²) in [5, 5.41) is 5.63. The molecule has 0 radical (unpaired) electrons. The Kier molecular flexibility index (Phi) is 6.48. The first kappa shape index (κ1) is 16.6. The van der Waals surface area contributed by atoms with E-state index in [0.717, 1.165) is 22.7 Å². The second-order valence-corrected chi connectivity index (χ2v) is 5.71. The molecule has 0 fully saturated rings. The number of amides is 1. The first-order chi connectivity index (χ1) is 10.7. The number of hydrogen-bond donors (Lipinski definition) is 1. The Morgan fingerprint density at radius 1 is 1.36 bits per heavy atom. The summed E-state index contributed by atoms with van der Waals surface area (Å²) in [4.78, 5) is 16.2. The van der Waals surface area contributed by atoms with Crippen molar-refractivity contribution in [2.24, 2.45) is 0 Å². The Morgan fingerprint density at radius 3 is 2.86 bits per heavy atom. The van der Waals surface area contributed by atoms with Crippen molar-refractivity contribution in [2.45, 2.75) is 19.3 Å². The van der Waals surface area contributed by atoms with Gasteiger partial charge in [0.05, 0.1) is 5.69 Å². The number of aromatic nitrogens is 1. The minimum atomic E-state index is -0.259. The van der Waals surface area contributed by atoms with Crippen molar-refractivity contribution >= 4 is 17.2 Å². The van der Waals surface area contributed by atoms with E-state index in [0.29, 0.717) is 26.0 Å². The van der Waals surface area contributed by atoms with Crippen LogP contribution in [0.3, 0.4) is 0 Å². The van der Waals surface area contributed by atoms with Crippen LogP contribution in [0.2, 0.25) is 0 Å². The van der Waals surface area contributed by atoms with Gasteiger partial charge in [-0.25, -0.2) is 9.37 Å². The Balaban J connectivity index is 1.79. The monoisotopic (exact) mass is 322 g/mol. The second-order valence-electron chi connectivity index (χ2n) is 4.85. The van der Waals surface area contributed by atoms with Crippen molar-refractivity contribution in [1.82, 2.24) is 10.3 Å². The third-order valence-electron chi connectivity index (χ3n) is 3.10. The number of nitrogens with one attached hydrogen (secondary N) is 1. The molecule has 22 heavy (non-hydrogen) atoms. The van der Waals surface area contributed by atoms with Crippen LogP contribution in [-0.2, 0) is 16.0 Å². The lowest BCUT2D eigenvalue weighted by molar-refractivity contribution is -0.121. The Morgan fingerprint density at radius 2 is 2.14 bits per heavy atom. The first-order valence-electron chi connectivity index (χ1n) is 7.15. The standard InChI is InChI=1S/C16H19FN2O2S/c1-21-10-2-9-18-15(20)8-7-14-11-22-16(19-14)12-3-5-13(17)6-4-12/h3-6,11H,2,7-10H2,1H3,(H,18,20). The van der Waals surface area contributed by atoms with Gasteiger partial charge in [-0.3, -0.25) is 4.79 Å². The number of hydrogen-bond acceptors (Lipinski definition) is 4. The molecule has 0 saturated carbocycles. The number of nitrogens with zero attached hydrogens (tertiary/aromatic N) is 1. The van der Waals surface area contributed by atoms with E-state index in [1.807, 2.05) is 5.38 Å². The molecular formula is C16H19FN2O2S. The minimum absolute atomic E-state index is 0.0208. The highest BCUT2D eigenvalue weighted by Gasteiger charge is 2.07. The van der Waals surface area contributed by atoms with Gasteiger partial charge in [0.2, 0.25) is 5.91 Å². The van der Waals surface area contributed by atoms with Crippen molar-refractivity contribution in [3.05, 3.63) is 41.2 Å². The molecule has 4 nitrogen and oxygen atoms in total. The maximum Gasteiger partial charge on any atom is 0.220 e. The number of ether oxygens (including phenoxy) is 1. The van der Waals surface area contributed by atoms with Gasteiger partial charge in [-0.1, -0.05) is 0 Å². The van der Waals surface area contributed by atoms with E-state index in [1.54, 1.807) is 19.2 Å². The molecule has 0 spiro atoms. The zero-order valence-corrected chi connectivity index (χ0v) is 13.3. The van der Waals surface area contributed by atoms with E-state index < -0.39 is 0 Å². The van der Waals surface area contributed by atoms with E-state index >= 15 is 0 Å². The van der Waals surface area contributed by atoms with Crippen molar-refractivity contribution in [3.63, 3.8) is 0 Å². The van der Waals surface area contributed by atoms with Crippen LogP contribution in [0.25, 0.3) is 10.6 Å². The first-order valence-corrected chi connectivity index (χ1v) is 8.03. The lowest BCUT2D eigenvalue weighted by Crippen LogP contribution is -2.25. The zero-order valence-electron chi connectivity index (χ0n) is 12.5. The van der Waals surface area contributed by atoms with Crippen LogP contribution in [0.5, 0.6) is 0 Å². The summed E-state index contributed by atoms with van der Waals surface area (Å²) >= 11 is 1.50. The molecule has 2 aromatic rings. The molecule has 0 aliphatic heterocycles. The van der Waals surface area contributed by atoms with Crippen LogP contribution in [0, 0.1) is 5.82 Å². The predicted molar refractivity (Wildman–Crippen MR) is 85.3 cm³/mol. The van der Waals surface area contributed by atoms with Crippen molar-refractivity contribution < 1.29 is 13.9 Å². The SMILES string of the molecule is COCCCNC(=O)CCc1csc(-c2ccc(F)cc2)n1. The summed E-state index contributed by atoms with van der Waals surface area (Å²) in [5.74, 6) is -0.238. The van der Waals surface area contributed by atoms with E-state index in [4.69, 9.17) is 4.74 Å². The number of methoxy groups -OCH3 is 1. The molecule has 118 valence electrons. The number of thiazole rings is 1. The van der Waals surface area contributed by atoms with Crippen molar-refractivity contribution in [2.75, 3.05) is 20.3 Å². The molecule has 6 heteroatoms. The van der Waals surface area contributed by atoms with Crippen molar-refractivity contribution in [3.8, 4) is 10.6 Å². The lowest BCUT2D eigenvalue weighted by atomic mass is 10.2. The van der Waals surface area contributed by atoms with Gasteiger partial charge in [0.1, 0.15) is 10.8 Å². The Hall–Kier alpha value is -1.79. The molecule has 2 rings (SSSR count). The maximum atomic E-state index is 12.9. The summed E-state index contributed by atoms with van der Waals surface area (Å²) < 4.78 is 17.8. The number of halogens is 1. The predicted octanol–water partition coefficient (Wildman–Crippen LogP) is 3.03. The van der Waals surface area contributed by atoms with Crippen molar-refractivity contribution in [1.29, 1.82) is 0 Å². The van der Waals surface area contributed by atoms with Gasteiger partial charge in [-0.15, -0.1) is 11.3 Å². The molecule has 1 amide bonds. The normalized spacial score (nSPS) is 10.6. The molecule has 0 atom stereocenters. The minimum Gasteiger partial charge on any atom is -0.385 e. The largest absolute Gasteiger partial charge is 0.385 e. The van der Waals surface area contributed by atoms with Crippen LogP contribution in [0.1, 0.15) is 18.5 Å². The van der Waals surface area contributed by atoms with Crippen LogP contribution in [0.4, 0.5) is 4.39 Å². The number of rotatable bonds is 8. The van der Waals surface area contributed by atoms with Gasteiger partial charge in [0.15, 0.2) is 0 Å². The molecule has 0 aliphatic carbocycles. The van der Waals surface area contributed by atoms with Crippen LogP contribution < -0.4 is 5.32 Å². The van der Waals surface area contributed by atoms with Gasteiger partial charge in [-0.05, 0) is 37.1 Å². The highest BCUT2D eigenvalue weighted by atomic mass is 32.1. The molecular weight excluding hydrogens is 303 g/mol. The molecule has 1 aromatic carbocycles.